The van der Waals surface area contributed by atoms with Crippen LogP contribution in [0.4, 0.5) is 0 Å². The lowest BCUT2D eigenvalue weighted by molar-refractivity contribution is -0.940. The van der Waals surface area contributed by atoms with Gasteiger partial charge in [0.05, 0.1) is 25.7 Å². The van der Waals surface area contributed by atoms with Gasteiger partial charge in [-0.2, -0.15) is 0 Å². The first-order chi connectivity index (χ1) is 6.25. The molecule has 2 aliphatic heterocycles. The summed E-state index contributed by atoms with van der Waals surface area (Å²) in [7, 11) is 0. The van der Waals surface area contributed by atoms with Crippen molar-refractivity contribution in [3.63, 3.8) is 0 Å². The molecule has 0 amide bonds. The molecule has 13 heavy (non-hydrogen) atoms. The molecule has 0 saturated carbocycles. The molecule has 2 heterocycles. The fourth-order valence-electron chi connectivity index (χ4n) is 3.47. The first-order valence-electron chi connectivity index (χ1n) is 6.10. The zero-order valence-electron chi connectivity index (χ0n) is 9.26. The van der Waals surface area contributed by atoms with E-state index in [0.717, 1.165) is 12.0 Å². The van der Waals surface area contributed by atoms with Crippen LogP contribution in [0.25, 0.3) is 0 Å². The van der Waals surface area contributed by atoms with Crippen LogP contribution in [0.2, 0.25) is 0 Å². The van der Waals surface area contributed by atoms with Crippen LogP contribution in [0.5, 0.6) is 0 Å². The van der Waals surface area contributed by atoms with E-state index in [9.17, 15) is 0 Å². The molecule has 1 spiro atoms. The van der Waals surface area contributed by atoms with Crippen molar-refractivity contribution in [1.82, 2.24) is 0 Å². The van der Waals surface area contributed by atoms with Crippen molar-refractivity contribution in [2.45, 2.75) is 52.0 Å². The molecular weight excluding hydrogens is 158 g/mol. The minimum absolute atomic E-state index is 0.935. The molecule has 0 bridgehead atoms. The summed E-state index contributed by atoms with van der Waals surface area (Å²) in [5.41, 5.74) is 0. The second kappa shape index (κ2) is 3.61. The highest BCUT2D eigenvalue weighted by molar-refractivity contribution is 4.71. The van der Waals surface area contributed by atoms with E-state index in [-0.39, 0.29) is 0 Å². The number of hydrogen-bond acceptors (Lipinski definition) is 0. The van der Waals surface area contributed by atoms with Crippen LogP contribution < -0.4 is 0 Å². The fourth-order valence-corrected chi connectivity index (χ4v) is 3.47. The molecule has 0 aromatic rings. The van der Waals surface area contributed by atoms with Gasteiger partial charge in [0.1, 0.15) is 0 Å². The topological polar surface area (TPSA) is 0 Å². The molecule has 2 unspecified atom stereocenters. The zero-order valence-corrected chi connectivity index (χ0v) is 9.26. The number of quaternary nitrogens is 1. The van der Waals surface area contributed by atoms with Gasteiger partial charge >= 0.3 is 0 Å². The van der Waals surface area contributed by atoms with Gasteiger partial charge in [0.2, 0.25) is 0 Å². The molecule has 2 atom stereocenters. The maximum absolute atomic E-state index is 2.50. The first-order valence-corrected chi connectivity index (χ1v) is 6.10. The number of hydrogen-bond donors (Lipinski definition) is 0. The Kier molecular flexibility index (Phi) is 2.64. The quantitative estimate of drug-likeness (QED) is 0.505. The van der Waals surface area contributed by atoms with Crippen LogP contribution in [-0.2, 0) is 0 Å². The summed E-state index contributed by atoms with van der Waals surface area (Å²) >= 11 is 0. The molecule has 2 aliphatic rings. The lowest BCUT2D eigenvalue weighted by Crippen LogP contribution is -2.53. The van der Waals surface area contributed by atoms with E-state index in [4.69, 9.17) is 0 Å². The molecule has 0 aromatic carbocycles. The maximum Gasteiger partial charge on any atom is 0.0887 e. The lowest BCUT2D eigenvalue weighted by atomic mass is 9.97. The number of rotatable bonds is 0. The Labute approximate surface area is 82.7 Å². The molecule has 1 heteroatoms. The summed E-state index contributed by atoms with van der Waals surface area (Å²) in [4.78, 5) is 0. The maximum atomic E-state index is 2.50. The molecule has 2 rings (SSSR count). The van der Waals surface area contributed by atoms with E-state index in [2.05, 4.69) is 13.8 Å². The van der Waals surface area contributed by atoms with Crippen LogP contribution in [0.15, 0.2) is 0 Å². The Balaban J connectivity index is 2.14. The summed E-state index contributed by atoms with van der Waals surface area (Å²) in [6, 6.07) is 0.935. The predicted octanol–water partition coefficient (Wildman–Crippen LogP) is 2.81. The normalized spacial score (nSPS) is 39.2. The van der Waals surface area contributed by atoms with Crippen LogP contribution in [-0.4, -0.2) is 30.2 Å². The third-order valence-corrected chi connectivity index (χ3v) is 4.66. The molecule has 76 valence electrons. The Morgan fingerprint density at radius 3 is 2.00 bits per heavy atom. The Morgan fingerprint density at radius 1 is 0.846 bits per heavy atom. The standard InChI is InChI=1S/C12H24N/c1-11-7-3-4-8-13(12(11)2)9-5-6-10-13/h11-12H,3-10H2,1-2H3/q+1. The van der Waals surface area contributed by atoms with Crippen molar-refractivity contribution in [3.05, 3.63) is 0 Å². The minimum atomic E-state index is 0.935. The number of nitrogens with zero attached hydrogens (tertiary/aromatic N) is 1. The third-order valence-electron chi connectivity index (χ3n) is 4.66. The molecule has 0 aliphatic carbocycles. The average molecular weight is 182 g/mol. The molecule has 2 fully saturated rings. The van der Waals surface area contributed by atoms with Gasteiger partial charge in [-0.05, 0) is 26.2 Å². The molecule has 0 radical (unpaired) electrons. The van der Waals surface area contributed by atoms with Crippen molar-refractivity contribution in [2.75, 3.05) is 19.6 Å². The highest BCUT2D eigenvalue weighted by Gasteiger charge is 2.40. The van der Waals surface area contributed by atoms with Gasteiger partial charge in [-0.15, -0.1) is 0 Å². The van der Waals surface area contributed by atoms with E-state index in [0.29, 0.717) is 0 Å². The van der Waals surface area contributed by atoms with Crippen molar-refractivity contribution >= 4 is 0 Å². The van der Waals surface area contributed by atoms with Crippen molar-refractivity contribution in [2.24, 2.45) is 5.92 Å². The van der Waals surface area contributed by atoms with Crippen LogP contribution >= 0.6 is 0 Å². The van der Waals surface area contributed by atoms with Crippen molar-refractivity contribution in [3.8, 4) is 0 Å². The van der Waals surface area contributed by atoms with Gasteiger partial charge in [-0.1, -0.05) is 6.92 Å². The van der Waals surface area contributed by atoms with Crippen LogP contribution in [0, 0.1) is 5.92 Å². The molecule has 1 nitrogen and oxygen atoms in total. The summed E-state index contributed by atoms with van der Waals surface area (Å²) in [6.07, 6.45) is 7.40. The zero-order chi connectivity index (χ0) is 9.31. The van der Waals surface area contributed by atoms with E-state index < -0.39 is 0 Å². The summed E-state index contributed by atoms with van der Waals surface area (Å²) < 4.78 is 1.47. The van der Waals surface area contributed by atoms with E-state index in [1.165, 1.54) is 56.2 Å². The summed E-state index contributed by atoms with van der Waals surface area (Å²) in [5.74, 6) is 0.959. The SMILES string of the molecule is CC1CCCC[N+]2(CCCC2)C1C. The second-order valence-electron chi connectivity index (χ2n) is 5.31. The molecule has 0 aromatic heterocycles. The molecular formula is C12H24N+. The summed E-state index contributed by atoms with van der Waals surface area (Å²) in [5, 5.41) is 0. The van der Waals surface area contributed by atoms with Crippen molar-refractivity contribution < 1.29 is 4.48 Å². The van der Waals surface area contributed by atoms with Gasteiger partial charge in [0, 0.05) is 18.8 Å². The first kappa shape index (κ1) is 9.51. The molecule has 2 saturated heterocycles. The van der Waals surface area contributed by atoms with Crippen LogP contribution in [0.3, 0.4) is 0 Å². The van der Waals surface area contributed by atoms with Crippen molar-refractivity contribution in [1.29, 1.82) is 0 Å². The predicted molar refractivity (Wildman–Crippen MR) is 56.6 cm³/mol. The van der Waals surface area contributed by atoms with Crippen LogP contribution in [0.1, 0.15) is 46.0 Å². The van der Waals surface area contributed by atoms with Gasteiger partial charge in [-0.25, -0.2) is 0 Å². The van der Waals surface area contributed by atoms with E-state index in [1.807, 2.05) is 0 Å². The fraction of sp³-hybridized carbons (Fsp3) is 1.00. The minimum Gasteiger partial charge on any atom is -0.321 e. The third kappa shape index (κ3) is 1.63. The highest BCUT2D eigenvalue weighted by Crippen LogP contribution is 2.33. The van der Waals surface area contributed by atoms with E-state index in [1.54, 1.807) is 0 Å². The average Bonchev–Trinajstić information content (AvgIpc) is 2.55. The molecule has 0 N–H and O–H groups in total. The largest absolute Gasteiger partial charge is 0.321 e. The van der Waals surface area contributed by atoms with Gasteiger partial charge in [0.25, 0.3) is 0 Å². The monoisotopic (exact) mass is 182 g/mol. The smallest absolute Gasteiger partial charge is 0.0887 e. The van der Waals surface area contributed by atoms with Gasteiger partial charge in [-0.3, -0.25) is 0 Å². The highest BCUT2D eigenvalue weighted by atomic mass is 15.4. The van der Waals surface area contributed by atoms with Gasteiger partial charge in [0.15, 0.2) is 0 Å². The Hall–Kier alpha value is -0.0400. The van der Waals surface area contributed by atoms with E-state index >= 15 is 0 Å². The van der Waals surface area contributed by atoms with Gasteiger partial charge < -0.3 is 4.48 Å². The lowest BCUT2D eigenvalue weighted by Gasteiger charge is -2.41. The second-order valence-corrected chi connectivity index (χ2v) is 5.31. The summed E-state index contributed by atoms with van der Waals surface area (Å²) in [6.45, 7) is 9.40. The Bertz CT molecular complexity index is 170. The Morgan fingerprint density at radius 2 is 1.38 bits per heavy atom.